The maximum atomic E-state index is 12.1. The summed E-state index contributed by atoms with van der Waals surface area (Å²) in [6.45, 7) is 0.981. The highest BCUT2D eigenvalue weighted by atomic mass is 32.1. The zero-order chi connectivity index (χ0) is 16.5. The van der Waals surface area contributed by atoms with Crippen molar-refractivity contribution in [3.05, 3.63) is 60.2 Å². The first kappa shape index (κ1) is 16.9. The second-order valence-corrected chi connectivity index (χ2v) is 5.05. The predicted molar refractivity (Wildman–Crippen MR) is 93.9 cm³/mol. The van der Waals surface area contributed by atoms with Crippen molar-refractivity contribution in [1.82, 2.24) is 5.32 Å². The van der Waals surface area contributed by atoms with Crippen LogP contribution >= 0.6 is 12.2 Å². The van der Waals surface area contributed by atoms with Crippen molar-refractivity contribution >= 4 is 28.9 Å². The number of methoxy groups -OCH3 is 1. The summed E-state index contributed by atoms with van der Waals surface area (Å²) in [6.07, 6.45) is 0. The van der Waals surface area contributed by atoms with E-state index < -0.39 is 0 Å². The molecule has 2 aromatic rings. The van der Waals surface area contributed by atoms with Crippen LogP contribution in [0, 0.1) is 0 Å². The van der Waals surface area contributed by atoms with Crippen molar-refractivity contribution in [2.75, 3.05) is 25.6 Å². The summed E-state index contributed by atoms with van der Waals surface area (Å²) < 4.78 is 10.4. The van der Waals surface area contributed by atoms with Crippen molar-refractivity contribution in [2.45, 2.75) is 0 Å². The summed E-state index contributed by atoms with van der Waals surface area (Å²) >= 11 is 5.13. The van der Waals surface area contributed by atoms with E-state index in [4.69, 9.17) is 21.7 Å². The Kier molecular flexibility index (Phi) is 6.53. The molecule has 0 spiro atoms. The van der Waals surface area contributed by atoms with Gasteiger partial charge in [-0.15, -0.1) is 0 Å². The van der Waals surface area contributed by atoms with E-state index in [9.17, 15) is 4.79 Å². The number of amides is 1. The van der Waals surface area contributed by atoms with Gasteiger partial charge in [-0.3, -0.25) is 10.1 Å². The summed E-state index contributed by atoms with van der Waals surface area (Å²) in [5.74, 6) is 0.408. The normalized spacial score (nSPS) is 9.96. The van der Waals surface area contributed by atoms with Crippen LogP contribution < -0.4 is 15.4 Å². The Labute approximate surface area is 140 Å². The van der Waals surface area contributed by atoms with E-state index in [-0.39, 0.29) is 11.0 Å². The van der Waals surface area contributed by atoms with Gasteiger partial charge in [-0.1, -0.05) is 18.2 Å². The minimum Gasteiger partial charge on any atom is -0.491 e. The van der Waals surface area contributed by atoms with Gasteiger partial charge in [0.05, 0.1) is 6.61 Å². The van der Waals surface area contributed by atoms with Gasteiger partial charge in [0.15, 0.2) is 5.11 Å². The summed E-state index contributed by atoms with van der Waals surface area (Å²) in [7, 11) is 1.61. The summed E-state index contributed by atoms with van der Waals surface area (Å²) in [6, 6.07) is 16.2. The fraction of sp³-hybridized carbons (Fsp3) is 0.176. The Morgan fingerprint density at radius 3 is 2.39 bits per heavy atom. The summed E-state index contributed by atoms with van der Waals surface area (Å²) in [4.78, 5) is 12.1. The van der Waals surface area contributed by atoms with Crippen molar-refractivity contribution < 1.29 is 14.3 Å². The van der Waals surface area contributed by atoms with Crippen molar-refractivity contribution in [3.8, 4) is 5.75 Å². The molecule has 0 aliphatic carbocycles. The first-order valence-corrected chi connectivity index (χ1v) is 7.49. The number of carbonyl (C=O) groups excluding carboxylic acids is 1. The molecule has 0 aliphatic heterocycles. The molecule has 0 saturated carbocycles. The molecule has 0 atom stereocenters. The first-order valence-electron chi connectivity index (χ1n) is 7.08. The molecule has 1 amide bonds. The molecule has 2 rings (SSSR count). The Morgan fingerprint density at radius 1 is 1.04 bits per heavy atom. The van der Waals surface area contributed by atoms with Crippen LogP contribution in [0.4, 0.5) is 5.69 Å². The lowest BCUT2D eigenvalue weighted by Gasteiger charge is -2.10. The number of para-hydroxylation sites is 1. The van der Waals surface area contributed by atoms with Gasteiger partial charge in [-0.2, -0.15) is 0 Å². The van der Waals surface area contributed by atoms with Crippen LogP contribution in [0.15, 0.2) is 54.6 Å². The zero-order valence-electron chi connectivity index (χ0n) is 12.7. The number of ether oxygens (including phenoxy) is 2. The van der Waals surface area contributed by atoms with Crippen LogP contribution in [0.2, 0.25) is 0 Å². The summed E-state index contributed by atoms with van der Waals surface area (Å²) in [5.41, 5.74) is 1.32. The van der Waals surface area contributed by atoms with E-state index >= 15 is 0 Å². The summed E-state index contributed by atoms with van der Waals surface area (Å²) in [5, 5.41) is 5.84. The topological polar surface area (TPSA) is 59.6 Å². The Bertz CT molecular complexity index is 645. The number of carbonyl (C=O) groups is 1. The minimum atomic E-state index is -0.276. The maximum absolute atomic E-state index is 12.1. The molecule has 0 fully saturated rings. The molecule has 2 aromatic carbocycles. The highest BCUT2D eigenvalue weighted by Gasteiger charge is 2.08. The van der Waals surface area contributed by atoms with Gasteiger partial charge < -0.3 is 14.8 Å². The number of anilines is 1. The third-order valence-electron chi connectivity index (χ3n) is 2.93. The van der Waals surface area contributed by atoms with Crippen LogP contribution in [-0.2, 0) is 4.74 Å². The maximum Gasteiger partial charge on any atom is 0.257 e. The van der Waals surface area contributed by atoms with Crippen LogP contribution in [-0.4, -0.2) is 31.3 Å². The third kappa shape index (κ3) is 5.69. The first-order chi connectivity index (χ1) is 11.2. The van der Waals surface area contributed by atoms with Crippen molar-refractivity contribution in [2.24, 2.45) is 0 Å². The monoisotopic (exact) mass is 330 g/mol. The lowest BCUT2D eigenvalue weighted by atomic mass is 10.2. The van der Waals surface area contributed by atoms with Gasteiger partial charge >= 0.3 is 0 Å². The molecule has 0 radical (unpaired) electrons. The lowest BCUT2D eigenvalue weighted by molar-refractivity contribution is 0.0977. The molecule has 120 valence electrons. The average Bonchev–Trinajstić information content (AvgIpc) is 2.56. The zero-order valence-corrected chi connectivity index (χ0v) is 13.6. The van der Waals surface area contributed by atoms with E-state index in [0.29, 0.717) is 24.5 Å². The number of rotatable bonds is 6. The molecule has 2 N–H and O–H groups in total. The molecule has 0 aromatic heterocycles. The number of benzene rings is 2. The fourth-order valence-electron chi connectivity index (χ4n) is 1.80. The molecule has 0 heterocycles. The van der Waals surface area contributed by atoms with Gasteiger partial charge in [-0.05, 0) is 48.6 Å². The van der Waals surface area contributed by atoms with Gasteiger partial charge in [0.2, 0.25) is 0 Å². The largest absolute Gasteiger partial charge is 0.491 e. The Morgan fingerprint density at radius 2 is 1.74 bits per heavy atom. The van der Waals surface area contributed by atoms with E-state index in [0.717, 1.165) is 5.69 Å². The van der Waals surface area contributed by atoms with E-state index in [1.165, 1.54) is 0 Å². The van der Waals surface area contributed by atoms with Crippen LogP contribution in [0.25, 0.3) is 0 Å². The molecule has 23 heavy (non-hydrogen) atoms. The third-order valence-corrected chi connectivity index (χ3v) is 3.14. The SMILES string of the molecule is COCCOc1ccc(C(=O)NC(=S)Nc2ccccc2)cc1. The highest BCUT2D eigenvalue weighted by molar-refractivity contribution is 7.80. The van der Waals surface area contributed by atoms with Crippen molar-refractivity contribution in [3.63, 3.8) is 0 Å². The van der Waals surface area contributed by atoms with Crippen LogP contribution in [0.1, 0.15) is 10.4 Å². The van der Waals surface area contributed by atoms with E-state index in [1.54, 1.807) is 31.4 Å². The van der Waals surface area contributed by atoms with Crippen LogP contribution in [0.5, 0.6) is 5.75 Å². The molecule has 5 nitrogen and oxygen atoms in total. The molecule has 6 heteroatoms. The molecular formula is C17H18N2O3S. The quantitative estimate of drug-likeness (QED) is 0.630. The fourth-order valence-corrected chi connectivity index (χ4v) is 2.02. The number of thiocarbonyl (C=S) groups is 1. The number of nitrogens with one attached hydrogen (secondary N) is 2. The minimum absolute atomic E-state index is 0.252. The standard InChI is InChI=1S/C17H18N2O3S/c1-21-11-12-22-15-9-7-13(8-10-15)16(20)19-17(23)18-14-5-3-2-4-6-14/h2-10H,11-12H2,1H3,(H2,18,19,20,23). The molecular weight excluding hydrogens is 312 g/mol. The lowest BCUT2D eigenvalue weighted by Crippen LogP contribution is -2.34. The van der Waals surface area contributed by atoms with E-state index in [1.807, 2.05) is 30.3 Å². The molecule has 0 saturated heterocycles. The van der Waals surface area contributed by atoms with Gasteiger partial charge in [0.1, 0.15) is 12.4 Å². The average molecular weight is 330 g/mol. The Balaban J connectivity index is 1.86. The number of hydrogen-bond acceptors (Lipinski definition) is 4. The molecule has 0 unspecified atom stereocenters. The predicted octanol–water partition coefficient (Wildman–Crippen LogP) is 2.84. The van der Waals surface area contributed by atoms with Crippen LogP contribution in [0.3, 0.4) is 0 Å². The molecule has 0 bridgehead atoms. The molecule has 0 aliphatic rings. The second kappa shape index (κ2) is 8.87. The van der Waals surface area contributed by atoms with Gasteiger partial charge in [0, 0.05) is 18.4 Å². The van der Waals surface area contributed by atoms with E-state index in [2.05, 4.69) is 10.6 Å². The Hall–Kier alpha value is -2.44. The second-order valence-electron chi connectivity index (χ2n) is 4.64. The number of hydrogen-bond donors (Lipinski definition) is 2. The smallest absolute Gasteiger partial charge is 0.257 e. The van der Waals surface area contributed by atoms with Gasteiger partial charge in [-0.25, -0.2) is 0 Å². The van der Waals surface area contributed by atoms with Gasteiger partial charge in [0.25, 0.3) is 5.91 Å². The highest BCUT2D eigenvalue weighted by Crippen LogP contribution is 2.12. The van der Waals surface area contributed by atoms with Crippen molar-refractivity contribution in [1.29, 1.82) is 0 Å².